The minimum atomic E-state index is -0.879. The number of nitrogens with one attached hydrogen (secondary N) is 1. The number of nitrogens with zero attached hydrogens (tertiary/aromatic N) is 1. The Morgan fingerprint density at radius 2 is 1.95 bits per heavy atom. The van der Waals surface area contributed by atoms with Gasteiger partial charge in [-0.15, -0.1) is 0 Å². The van der Waals surface area contributed by atoms with Crippen LogP contribution in [0.5, 0.6) is 0 Å². The molecule has 5 heteroatoms. The summed E-state index contributed by atoms with van der Waals surface area (Å²) in [5.74, 6) is -1.78. The van der Waals surface area contributed by atoms with Gasteiger partial charge in [0.25, 0.3) is 0 Å². The lowest BCUT2D eigenvalue weighted by Gasteiger charge is -2.24. The van der Waals surface area contributed by atoms with Gasteiger partial charge in [-0.2, -0.15) is 0 Å². The lowest BCUT2D eigenvalue weighted by Crippen LogP contribution is -2.43. The number of hydrogen-bond acceptors (Lipinski definition) is 2. The molecule has 1 rings (SSSR count). The van der Waals surface area contributed by atoms with Crippen LogP contribution < -0.4 is 5.32 Å². The van der Waals surface area contributed by atoms with Gasteiger partial charge in [0.05, 0.1) is 6.04 Å². The average molecular weight is 270 g/mol. The van der Waals surface area contributed by atoms with Gasteiger partial charge in [0.2, 0.25) is 5.91 Å². The molecule has 1 amide bonds. The minimum Gasteiger partial charge on any atom is -0.345 e. The molecule has 0 aromatic heterocycles. The molecule has 19 heavy (non-hydrogen) atoms. The third-order valence-electron chi connectivity index (χ3n) is 3.16. The topological polar surface area (TPSA) is 32.3 Å². The summed E-state index contributed by atoms with van der Waals surface area (Å²) in [6.45, 7) is 6.08. The van der Waals surface area contributed by atoms with E-state index in [4.69, 9.17) is 0 Å². The molecule has 106 valence electrons. The van der Waals surface area contributed by atoms with E-state index in [0.717, 1.165) is 12.1 Å². The molecule has 0 radical (unpaired) electrons. The lowest BCUT2D eigenvalue weighted by molar-refractivity contribution is -0.131. The van der Waals surface area contributed by atoms with E-state index in [2.05, 4.69) is 5.32 Å². The van der Waals surface area contributed by atoms with E-state index in [-0.39, 0.29) is 18.0 Å². The maximum Gasteiger partial charge on any atom is 0.239 e. The molecule has 0 saturated heterocycles. The number of rotatable bonds is 5. The summed E-state index contributed by atoms with van der Waals surface area (Å²) in [6.07, 6.45) is 0. The van der Waals surface area contributed by atoms with E-state index in [1.54, 1.807) is 18.9 Å². The number of hydrogen-bond donors (Lipinski definition) is 1. The van der Waals surface area contributed by atoms with Crippen molar-refractivity contribution in [3.63, 3.8) is 0 Å². The van der Waals surface area contributed by atoms with E-state index in [0.29, 0.717) is 12.1 Å². The Morgan fingerprint density at radius 3 is 2.47 bits per heavy atom. The normalized spacial score (nSPS) is 14.0. The van der Waals surface area contributed by atoms with Crippen LogP contribution in [0.4, 0.5) is 8.78 Å². The second kappa shape index (κ2) is 6.61. The van der Waals surface area contributed by atoms with Gasteiger partial charge < -0.3 is 4.90 Å². The molecule has 3 nitrogen and oxygen atoms in total. The second-order valence-electron chi connectivity index (χ2n) is 4.64. The molecule has 0 aliphatic rings. The molecule has 2 unspecified atom stereocenters. The fourth-order valence-corrected chi connectivity index (χ4v) is 1.81. The largest absolute Gasteiger partial charge is 0.345 e. The zero-order valence-electron chi connectivity index (χ0n) is 11.7. The Morgan fingerprint density at radius 1 is 1.32 bits per heavy atom. The summed E-state index contributed by atoms with van der Waals surface area (Å²) in [6, 6.07) is 3.13. The van der Waals surface area contributed by atoms with Crippen molar-refractivity contribution < 1.29 is 13.6 Å². The van der Waals surface area contributed by atoms with E-state index in [1.165, 1.54) is 6.07 Å². The summed E-state index contributed by atoms with van der Waals surface area (Å²) in [5.41, 5.74) is 0.609. The fourth-order valence-electron chi connectivity index (χ4n) is 1.81. The van der Waals surface area contributed by atoms with Crippen molar-refractivity contribution in [2.24, 2.45) is 0 Å². The van der Waals surface area contributed by atoms with E-state index in [9.17, 15) is 13.6 Å². The average Bonchev–Trinajstić information content (AvgIpc) is 2.39. The standard InChI is InChI=1S/C14H20F2N2O/c1-5-18(4)14(19)10(3)17-9(2)11-6-7-12(15)13(16)8-11/h6-10,17H,5H2,1-4H3. The lowest BCUT2D eigenvalue weighted by atomic mass is 10.1. The van der Waals surface area contributed by atoms with Crippen LogP contribution in [-0.2, 0) is 4.79 Å². The maximum absolute atomic E-state index is 13.1. The van der Waals surface area contributed by atoms with E-state index in [1.807, 2.05) is 13.8 Å². The highest BCUT2D eigenvalue weighted by Gasteiger charge is 2.19. The first-order chi connectivity index (χ1) is 8.86. The molecule has 2 atom stereocenters. The van der Waals surface area contributed by atoms with Crippen molar-refractivity contribution in [2.45, 2.75) is 32.9 Å². The third kappa shape index (κ3) is 3.99. The van der Waals surface area contributed by atoms with Gasteiger partial charge in [-0.1, -0.05) is 6.07 Å². The first-order valence-electron chi connectivity index (χ1n) is 6.32. The maximum atomic E-state index is 13.1. The number of benzene rings is 1. The van der Waals surface area contributed by atoms with Crippen molar-refractivity contribution in [2.75, 3.05) is 13.6 Å². The molecule has 0 heterocycles. The smallest absolute Gasteiger partial charge is 0.239 e. The molecular formula is C14H20F2N2O. The minimum absolute atomic E-state index is 0.0306. The van der Waals surface area contributed by atoms with Crippen molar-refractivity contribution in [1.82, 2.24) is 10.2 Å². The van der Waals surface area contributed by atoms with Gasteiger partial charge >= 0.3 is 0 Å². The molecule has 1 aromatic carbocycles. The molecule has 0 bridgehead atoms. The quantitative estimate of drug-likeness (QED) is 0.891. The molecule has 0 aliphatic carbocycles. The zero-order chi connectivity index (χ0) is 14.6. The summed E-state index contributed by atoms with van der Waals surface area (Å²) < 4.78 is 26.0. The molecule has 0 fully saturated rings. The summed E-state index contributed by atoms with van der Waals surface area (Å²) in [5, 5.41) is 3.08. The fraction of sp³-hybridized carbons (Fsp3) is 0.500. The van der Waals surface area contributed by atoms with Crippen molar-refractivity contribution in [1.29, 1.82) is 0 Å². The number of carbonyl (C=O) groups is 1. The second-order valence-corrected chi connectivity index (χ2v) is 4.64. The number of amides is 1. The highest BCUT2D eigenvalue weighted by atomic mass is 19.2. The van der Waals surface area contributed by atoms with Crippen LogP contribution in [0.25, 0.3) is 0 Å². The predicted molar refractivity (Wildman–Crippen MR) is 70.7 cm³/mol. The van der Waals surface area contributed by atoms with Crippen LogP contribution in [0.15, 0.2) is 18.2 Å². The predicted octanol–water partition coefficient (Wildman–Crippen LogP) is 2.48. The highest BCUT2D eigenvalue weighted by molar-refractivity contribution is 5.81. The molecular weight excluding hydrogens is 250 g/mol. The van der Waals surface area contributed by atoms with Gasteiger partial charge in [-0.25, -0.2) is 8.78 Å². The number of carbonyl (C=O) groups excluding carboxylic acids is 1. The summed E-state index contributed by atoms with van der Waals surface area (Å²) >= 11 is 0. The Labute approximate surface area is 112 Å². The number of likely N-dealkylation sites (N-methyl/N-ethyl adjacent to an activating group) is 1. The summed E-state index contributed by atoms with van der Waals surface area (Å²) in [7, 11) is 1.72. The Balaban J connectivity index is 2.71. The highest BCUT2D eigenvalue weighted by Crippen LogP contribution is 2.16. The Hall–Kier alpha value is -1.49. The molecule has 0 aliphatic heterocycles. The number of halogens is 2. The van der Waals surface area contributed by atoms with Crippen molar-refractivity contribution >= 4 is 5.91 Å². The van der Waals surface area contributed by atoms with Gasteiger partial charge in [0.15, 0.2) is 11.6 Å². The molecule has 0 spiro atoms. The zero-order valence-corrected chi connectivity index (χ0v) is 11.7. The van der Waals surface area contributed by atoms with Gasteiger partial charge in [-0.3, -0.25) is 10.1 Å². The first kappa shape index (κ1) is 15.6. The summed E-state index contributed by atoms with van der Waals surface area (Å²) in [4.78, 5) is 13.5. The van der Waals surface area contributed by atoms with Crippen LogP contribution in [-0.4, -0.2) is 30.4 Å². The Kier molecular flexibility index (Phi) is 5.42. The first-order valence-corrected chi connectivity index (χ1v) is 6.32. The van der Waals surface area contributed by atoms with Crippen LogP contribution in [0.1, 0.15) is 32.4 Å². The third-order valence-corrected chi connectivity index (χ3v) is 3.16. The van der Waals surface area contributed by atoms with Crippen LogP contribution in [0.2, 0.25) is 0 Å². The van der Waals surface area contributed by atoms with Gasteiger partial charge in [0, 0.05) is 19.6 Å². The SMILES string of the molecule is CCN(C)C(=O)C(C)NC(C)c1ccc(F)c(F)c1. The van der Waals surface area contributed by atoms with Crippen LogP contribution in [0, 0.1) is 11.6 Å². The van der Waals surface area contributed by atoms with Crippen molar-refractivity contribution in [3.8, 4) is 0 Å². The van der Waals surface area contributed by atoms with E-state index < -0.39 is 11.6 Å². The van der Waals surface area contributed by atoms with Gasteiger partial charge in [0.1, 0.15) is 0 Å². The molecule has 1 aromatic rings. The van der Waals surface area contributed by atoms with Crippen molar-refractivity contribution in [3.05, 3.63) is 35.4 Å². The van der Waals surface area contributed by atoms with Crippen LogP contribution in [0.3, 0.4) is 0 Å². The Bertz CT molecular complexity index is 451. The van der Waals surface area contributed by atoms with E-state index >= 15 is 0 Å². The molecule has 1 N–H and O–H groups in total. The van der Waals surface area contributed by atoms with Gasteiger partial charge in [-0.05, 0) is 38.5 Å². The van der Waals surface area contributed by atoms with Crippen LogP contribution >= 0.6 is 0 Å². The monoisotopic (exact) mass is 270 g/mol. The molecule has 0 saturated carbocycles.